The second kappa shape index (κ2) is 3.76. The van der Waals surface area contributed by atoms with Crippen molar-refractivity contribution >= 4 is 11.6 Å². The lowest BCUT2D eigenvalue weighted by atomic mass is 10.2. The number of alkyl halides is 3. The van der Waals surface area contributed by atoms with Crippen LogP contribution in [-0.4, -0.2) is 4.98 Å². The standard InChI is InChI=1S/C7H5ClF3N/c8-2-4-1-6(9)12-3-5(4)7(10)11/h1,3,7H,2H2. The van der Waals surface area contributed by atoms with Gasteiger partial charge in [-0.15, -0.1) is 11.6 Å². The predicted molar refractivity (Wildman–Crippen MR) is 38.7 cm³/mol. The van der Waals surface area contributed by atoms with Crippen LogP contribution in [0.15, 0.2) is 12.3 Å². The van der Waals surface area contributed by atoms with E-state index in [-0.39, 0.29) is 17.0 Å². The Balaban J connectivity index is 3.11. The fourth-order valence-electron chi connectivity index (χ4n) is 0.791. The average molecular weight is 196 g/mol. The highest BCUT2D eigenvalue weighted by molar-refractivity contribution is 6.17. The third kappa shape index (κ3) is 1.88. The minimum Gasteiger partial charge on any atom is -0.228 e. The van der Waals surface area contributed by atoms with Crippen LogP contribution in [0.4, 0.5) is 13.2 Å². The number of halogens is 4. The molecule has 1 aromatic heterocycles. The highest BCUT2D eigenvalue weighted by Gasteiger charge is 2.13. The van der Waals surface area contributed by atoms with E-state index < -0.39 is 12.4 Å². The van der Waals surface area contributed by atoms with Crippen LogP contribution in [0.5, 0.6) is 0 Å². The predicted octanol–water partition coefficient (Wildman–Crippen LogP) is 2.90. The molecule has 0 N–H and O–H groups in total. The first-order chi connectivity index (χ1) is 5.65. The second-order valence-electron chi connectivity index (χ2n) is 2.14. The summed E-state index contributed by atoms with van der Waals surface area (Å²) in [5.41, 5.74) is -0.231. The van der Waals surface area contributed by atoms with Gasteiger partial charge < -0.3 is 0 Å². The molecule has 1 heterocycles. The molecule has 0 bridgehead atoms. The van der Waals surface area contributed by atoms with Crippen LogP contribution in [0.2, 0.25) is 0 Å². The maximum atomic E-state index is 12.4. The quantitative estimate of drug-likeness (QED) is 0.522. The molecule has 66 valence electrons. The molecule has 0 aliphatic rings. The molecule has 0 aromatic carbocycles. The van der Waals surface area contributed by atoms with Crippen molar-refractivity contribution in [1.82, 2.24) is 4.98 Å². The molecular weight excluding hydrogens is 191 g/mol. The van der Waals surface area contributed by atoms with E-state index in [0.29, 0.717) is 0 Å². The van der Waals surface area contributed by atoms with Gasteiger partial charge in [-0.1, -0.05) is 0 Å². The monoisotopic (exact) mass is 195 g/mol. The highest BCUT2D eigenvalue weighted by Crippen LogP contribution is 2.23. The molecule has 0 unspecified atom stereocenters. The lowest BCUT2D eigenvalue weighted by Crippen LogP contribution is -1.95. The third-order valence-corrected chi connectivity index (χ3v) is 1.66. The number of hydrogen-bond acceptors (Lipinski definition) is 1. The zero-order valence-electron chi connectivity index (χ0n) is 5.90. The normalized spacial score (nSPS) is 10.8. The Bertz CT molecular complexity index is 277. The number of nitrogens with zero attached hydrogens (tertiary/aromatic N) is 1. The lowest BCUT2D eigenvalue weighted by Gasteiger charge is -2.03. The fraction of sp³-hybridized carbons (Fsp3) is 0.286. The van der Waals surface area contributed by atoms with Gasteiger partial charge in [-0.05, 0) is 11.6 Å². The molecule has 1 nitrogen and oxygen atoms in total. The molecule has 0 aliphatic heterocycles. The summed E-state index contributed by atoms with van der Waals surface area (Å²) >= 11 is 5.32. The fourth-order valence-corrected chi connectivity index (χ4v) is 1.02. The molecule has 12 heavy (non-hydrogen) atoms. The summed E-state index contributed by atoms with van der Waals surface area (Å²) in [6.07, 6.45) is -1.86. The maximum Gasteiger partial charge on any atom is 0.265 e. The Morgan fingerprint density at radius 2 is 2.17 bits per heavy atom. The molecule has 0 amide bonds. The van der Waals surface area contributed by atoms with Crippen LogP contribution in [-0.2, 0) is 5.88 Å². The van der Waals surface area contributed by atoms with Gasteiger partial charge in [0.05, 0.1) is 0 Å². The van der Waals surface area contributed by atoms with E-state index in [1.54, 1.807) is 0 Å². The van der Waals surface area contributed by atoms with Gasteiger partial charge in [0.15, 0.2) is 0 Å². The van der Waals surface area contributed by atoms with Gasteiger partial charge in [-0.25, -0.2) is 13.8 Å². The van der Waals surface area contributed by atoms with Gasteiger partial charge in [-0.3, -0.25) is 0 Å². The van der Waals surface area contributed by atoms with Crippen molar-refractivity contribution in [1.29, 1.82) is 0 Å². The topological polar surface area (TPSA) is 12.9 Å². The summed E-state index contributed by atoms with van der Waals surface area (Å²) in [6.45, 7) is 0. The van der Waals surface area contributed by atoms with Crippen molar-refractivity contribution in [3.8, 4) is 0 Å². The van der Waals surface area contributed by atoms with E-state index in [1.807, 2.05) is 0 Å². The Morgan fingerprint density at radius 3 is 2.67 bits per heavy atom. The van der Waals surface area contributed by atoms with Crippen LogP contribution in [0.1, 0.15) is 17.6 Å². The minimum atomic E-state index is -2.66. The molecule has 0 atom stereocenters. The molecule has 0 aliphatic carbocycles. The molecule has 0 saturated heterocycles. The number of hydrogen-bond donors (Lipinski definition) is 0. The van der Waals surface area contributed by atoms with Gasteiger partial charge in [-0.2, -0.15) is 4.39 Å². The first-order valence-electron chi connectivity index (χ1n) is 3.13. The van der Waals surface area contributed by atoms with E-state index in [0.717, 1.165) is 12.3 Å². The molecule has 0 saturated carbocycles. The van der Waals surface area contributed by atoms with Gasteiger partial charge in [0.25, 0.3) is 6.43 Å². The minimum absolute atomic E-state index is 0.0826. The summed E-state index contributed by atoms with van der Waals surface area (Å²) in [7, 11) is 0. The van der Waals surface area contributed by atoms with Crippen molar-refractivity contribution in [3.63, 3.8) is 0 Å². The van der Waals surface area contributed by atoms with E-state index >= 15 is 0 Å². The number of rotatable bonds is 2. The first-order valence-corrected chi connectivity index (χ1v) is 3.67. The van der Waals surface area contributed by atoms with Gasteiger partial charge in [0.1, 0.15) is 0 Å². The largest absolute Gasteiger partial charge is 0.265 e. The van der Waals surface area contributed by atoms with E-state index in [2.05, 4.69) is 4.98 Å². The lowest BCUT2D eigenvalue weighted by molar-refractivity contribution is 0.150. The van der Waals surface area contributed by atoms with Crippen LogP contribution < -0.4 is 0 Å². The Kier molecular flexibility index (Phi) is 2.92. The molecule has 5 heteroatoms. The molecule has 1 aromatic rings. The number of aromatic nitrogens is 1. The number of pyridine rings is 1. The van der Waals surface area contributed by atoms with Crippen molar-refractivity contribution < 1.29 is 13.2 Å². The van der Waals surface area contributed by atoms with E-state index in [9.17, 15) is 13.2 Å². The first kappa shape index (κ1) is 9.32. The Hall–Kier alpha value is -0.770. The summed E-state index contributed by atoms with van der Waals surface area (Å²) in [5, 5.41) is 0. The van der Waals surface area contributed by atoms with Crippen molar-refractivity contribution in [3.05, 3.63) is 29.3 Å². The smallest absolute Gasteiger partial charge is 0.228 e. The van der Waals surface area contributed by atoms with E-state index in [1.165, 1.54) is 0 Å². The molecule has 1 rings (SSSR count). The van der Waals surface area contributed by atoms with Gasteiger partial charge in [0, 0.05) is 17.6 Å². The molecular formula is C7H5ClF3N. The summed E-state index contributed by atoms with van der Waals surface area (Å²) in [5.74, 6) is -0.936. The Labute approximate surface area is 72.2 Å². The summed E-state index contributed by atoms with van der Waals surface area (Å²) < 4.78 is 36.6. The van der Waals surface area contributed by atoms with Crippen LogP contribution in [0.3, 0.4) is 0 Å². The van der Waals surface area contributed by atoms with Crippen molar-refractivity contribution in [2.75, 3.05) is 0 Å². The van der Waals surface area contributed by atoms with Crippen LogP contribution in [0.25, 0.3) is 0 Å². The van der Waals surface area contributed by atoms with Crippen molar-refractivity contribution in [2.45, 2.75) is 12.3 Å². The van der Waals surface area contributed by atoms with Crippen LogP contribution in [0, 0.1) is 5.95 Å². The summed E-state index contributed by atoms with van der Waals surface area (Å²) in [4.78, 5) is 3.10. The highest BCUT2D eigenvalue weighted by atomic mass is 35.5. The van der Waals surface area contributed by atoms with Gasteiger partial charge >= 0.3 is 0 Å². The maximum absolute atomic E-state index is 12.4. The molecule has 0 fully saturated rings. The average Bonchev–Trinajstić information content (AvgIpc) is 2.03. The zero-order chi connectivity index (χ0) is 9.14. The van der Waals surface area contributed by atoms with Crippen molar-refractivity contribution in [2.24, 2.45) is 0 Å². The van der Waals surface area contributed by atoms with E-state index in [4.69, 9.17) is 11.6 Å². The SMILES string of the molecule is Fc1cc(CCl)c(C(F)F)cn1. The van der Waals surface area contributed by atoms with Gasteiger partial charge in [0.2, 0.25) is 5.95 Å². The van der Waals surface area contributed by atoms with Crippen LogP contribution >= 0.6 is 11.6 Å². The summed E-state index contributed by atoms with van der Waals surface area (Å²) in [6, 6.07) is 0.911. The second-order valence-corrected chi connectivity index (χ2v) is 2.41. The zero-order valence-corrected chi connectivity index (χ0v) is 6.65. The third-order valence-electron chi connectivity index (χ3n) is 1.37. The molecule has 0 spiro atoms. The Morgan fingerprint density at radius 1 is 1.50 bits per heavy atom. The molecule has 0 radical (unpaired) electrons.